The molecule has 2 amide bonds. The van der Waals surface area contributed by atoms with Crippen LogP contribution in [0.4, 0.5) is 0 Å². The fourth-order valence-corrected chi connectivity index (χ4v) is 2.97. The summed E-state index contributed by atoms with van der Waals surface area (Å²) in [5, 5.41) is 3.02. The molecule has 0 bridgehead atoms. The van der Waals surface area contributed by atoms with Crippen LogP contribution in [0, 0.1) is 0 Å². The molecule has 0 aliphatic heterocycles. The molecule has 0 aliphatic carbocycles. The highest BCUT2D eigenvalue weighted by Gasteiger charge is 2.18. The molecule has 156 valence electrons. The van der Waals surface area contributed by atoms with Crippen LogP contribution in [0.5, 0.6) is 0 Å². The van der Waals surface area contributed by atoms with E-state index in [1.165, 1.54) is 24.2 Å². The third kappa shape index (κ3) is 8.39. The second-order valence-electron chi connectivity index (χ2n) is 6.97. The average Bonchev–Trinajstić information content (AvgIpc) is 2.75. The maximum atomic E-state index is 12.7. The summed E-state index contributed by atoms with van der Waals surface area (Å²) in [7, 11) is 1.62. The first kappa shape index (κ1) is 22.5. The zero-order valence-corrected chi connectivity index (χ0v) is 17.2. The Balaban J connectivity index is 1.81. The summed E-state index contributed by atoms with van der Waals surface area (Å²) in [5.74, 6) is -0.284. The van der Waals surface area contributed by atoms with Gasteiger partial charge in [-0.25, -0.2) is 4.98 Å². The number of rotatable bonds is 12. The lowest BCUT2D eigenvalue weighted by Gasteiger charge is -2.22. The molecule has 1 aromatic carbocycles. The number of nitrogens with zero attached hydrogens (tertiary/aromatic N) is 3. The number of carbonyl (C=O) groups excluding carboxylic acids is 2. The molecule has 0 spiro atoms. The Morgan fingerprint density at radius 1 is 1.17 bits per heavy atom. The lowest BCUT2D eigenvalue weighted by atomic mass is 10.1. The van der Waals surface area contributed by atoms with Gasteiger partial charge < -0.3 is 15.0 Å². The molecule has 7 heteroatoms. The molecule has 0 aliphatic rings. The van der Waals surface area contributed by atoms with E-state index in [-0.39, 0.29) is 30.0 Å². The Bertz CT molecular complexity index is 740. The predicted octanol–water partition coefficient (Wildman–Crippen LogP) is 2.48. The van der Waals surface area contributed by atoms with Gasteiger partial charge in [-0.3, -0.25) is 14.6 Å². The molecular weight excluding hydrogens is 368 g/mol. The molecule has 2 aromatic rings. The summed E-state index contributed by atoms with van der Waals surface area (Å²) >= 11 is 0. The van der Waals surface area contributed by atoms with Gasteiger partial charge in [0.2, 0.25) is 5.91 Å². The Labute approximate surface area is 172 Å². The minimum Gasteiger partial charge on any atom is -0.385 e. The van der Waals surface area contributed by atoms with Gasteiger partial charge in [-0.05, 0) is 31.7 Å². The lowest BCUT2D eigenvalue weighted by molar-refractivity contribution is -0.121. The summed E-state index contributed by atoms with van der Waals surface area (Å²) in [6.45, 7) is 3.38. The van der Waals surface area contributed by atoms with Crippen LogP contribution < -0.4 is 5.32 Å². The Morgan fingerprint density at radius 2 is 1.97 bits per heavy atom. The first-order valence-electron chi connectivity index (χ1n) is 9.97. The van der Waals surface area contributed by atoms with Gasteiger partial charge in [0, 0.05) is 51.7 Å². The lowest BCUT2D eigenvalue weighted by Crippen LogP contribution is -2.39. The Kier molecular flexibility index (Phi) is 9.78. The van der Waals surface area contributed by atoms with Crippen LogP contribution in [0.2, 0.25) is 0 Å². The molecule has 1 aromatic heterocycles. The maximum Gasteiger partial charge on any atom is 0.274 e. The number of aryl methyl sites for hydroxylation is 1. The molecule has 0 unspecified atom stereocenters. The van der Waals surface area contributed by atoms with E-state index in [1.54, 1.807) is 12.0 Å². The van der Waals surface area contributed by atoms with Crippen molar-refractivity contribution in [2.45, 2.75) is 38.6 Å². The summed E-state index contributed by atoms with van der Waals surface area (Å²) in [6, 6.07) is 10.3. The topological polar surface area (TPSA) is 84.4 Å². The van der Waals surface area contributed by atoms with Crippen molar-refractivity contribution in [1.29, 1.82) is 0 Å². The van der Waals surface area contributed by atoms with E-state index < -0.39 is 0 Å². The van der Waals surface area contributed by atoms with Crippen molar-refractivity contribution in [3.05, 3.63) is 60.2 Å². The van der Waals surface area contributed by atoms with E-state index in [0.29, 0.717) is 26.1 Å². The quantitative estimate of drug-likeness (QED) is 0.555. The highest BCUT2D eigenvalue weighted by molar-refractivity contribution is 5.92. The van der Waals surface area contributed by atoms with Crippen LogP contribution in [0.3, 0.4) is 0 Å². The van der Waals surface area contributed by atoms with Gasteiger partial charge in [-0.1, -0.05) is 30.3 Å². The van der Waals surface area contributed by atoms with Crippen LogP contribution in [-0.2, 0) is 16.0 Å². The fraction of sp³-hybridized carbons (Fsp3) is 0.455. The standard InChI is InChI=1S/C22H30N4O3/c1-18(9-10-19-7-4-3-5-8-19)25-21(27)11-15-26(14-6-16-29-2)22(28)20-17-23-12-13-24-20/h3-5,7-8,12-13,17-18H,6,9-11,14-16H2,1-2H3,(H,25,27)/t18-/m0/s1. The van der Waals surface area contributed by atoms with Gasteiger partial charge in [-0.2, -0.15) is 0 Å². The molecule has 0 saturated heterocycles. The fourth-order valence-electron chi connectivity index (χ4n) is 2.97. The SMILES string of the molecule is COCCCN(CCC(=O)N[C@@H](C)CCc1ccccc1)C(=O)c1cnccn1. The van der Waals surface area contributed by atoms with E-state index >= 15 is 0 Å². The third-order valence-electron chi connectivity index (χ3n) is 4.57. The molecule has 1 atom stereocenters. The predicted molar refractivity (Wildman–Crippen MR) is 111 cm³/mol. The number of amides is 2. The molecule has 0 fully saturated rings. The number of methoxy groups -OCH3 is 1. The Hall–Kier alpha value is -2.80. The maximum absolute atomic E-state index is 12.7. The number of aromatic nitrogens is 2. The van der Waals surface area contributed by atoms with Gasteiger partial charge in [0.05, 0.1) is 6.20 Å². The molecular formula is C22H30N4O3. The van der Waals surface area contributed by atoms with Crippen LogP contribution in [0.15, 0.2) is 48.9 Å². The van der Waals surface area contributed by atoms with Gasteiger partial charge in [-0.15, -0.1) is 0 Å². The summed E-state index contributed by atoms with van der Waals surface area (Å²) in [6.07, 6.45) is 7.17. The number of carbonyl (C=O) groups is 2. The van der Waals surface area contributed by atoms with Crippen molar-refractivity contribution in [3.8, 4) is 0 Å². The summed E-state index contributed by atoms with van der Waals surface area (Å²) in [5.41, 5.74) is 1.54. The summed E-state index contributed by atoms with van der Waals surface area (Å²) < 4.78 is 5.07. The van der Waals surface area contributed by atoms with Crippen molar-refractivity contribution < 1.29 is 14.3 Å². The van der Waals surface area contributed by atoms with E-state index in [0.717, 1.165) is 12.8 Å². The smallest absolute Gasteiger partial charge is 0.274 e. The van der Waals surface area contributed by atoms with Crippen LogP contribution in [0.25, 0.3) is 0 Å². The molecule has 2 rings (SSSR count). The number of nitrogens with one attached hydrogen (secondary N) is 1. The highest BCUT2D eigenvalue weighted by atomic mass is 16.5. The van der Waals surface area contributed by atoms with Gasteiger partial charge in [0.1, 0.15) is 5.69 Å². The normalized spacial score (nSPS) is 11.7. The van der Waals surface area contributed by atoms with Crippen molar-refractivity contribution >= 4 is 11.8 Å². The zero-order chi connectivity index (χ0) is 20.9. The molecule has 1 N–H and O–H groups in total. The van der Waals surface area contributed by atoms with Crippen LogP contribution in [0.1, 0.15) is 42.2 Å². The zero-order valence-electron chi connectivity index (χ0n) is 17.2. The number of hydrogen-bond donors (Lipinski definition) is 1. The van der Waals surface area contributed by atoms with Crippen molar-refractivity contribution in [1.82, 2.24) is 20.2 Å². The largest absolute Gasteiger partial charge is 0.385 e. The van der Waals surface area contributed by atoms with Crippen molar-refractivity contribution in [3.63, 3.8) is 0 Å². The van der Waals surface area contributed by atoms with Crippen LogP contribution >= 0.6 is 0 Å². The minimum absolute atomic E-state index is 0.0609. The highest BCUT2D eigenvalue weighted by Crippen LogP contribution is 2.06. The summed E-state index contributed by atoms with van der Waals surface area (Å²) in [4.78, 5) is 34.7. The van der Waals surface area contributed by atoms with E-state index in [9.17, 15) is 9.59 Å². The second kappa shape index (κ2) is 12.6. The monoisotopic (exact) mass is 398 g/mol. The molecule has 29 heavy (non-hydrogen) atoms. The average molecular weight is 399 g/mol. The van der Waals surface area contributed by atoms with Gasteiger partial charge >= 0.3 is 0 Å². The van der Waals surface area contributed by atoms with Crippen LogP contribution in [-0.4, -0.2) is 59.5 Å². The molecule has 7 nitrogen and oxygen atoms in total. The number of ether oxygens (including phenoxy) is 1. The van der Waals surface area contributed by atoms with E-state index in [4.69, 9.17) is 4.74 Å². The number of hydrogen-bond acceptors (Lipinski definition) is 5. The minimum atomic E-state index is -0.223. The third-order valence-corrected chi connectivity index (χ3v) is 4.57. The van der Waals surface area contributed by atoms with Crippen molar-refractivity contribution in [2.24, 2.45) is 0 Å². The Morgan fingerprint density at radius 3 is 2.66 bits per heavy atom. The first-order valence-corrected chi connectivity index (χ1v) is 9.97. The van der Waals surface area contributed by atoms with Gasteiger partial charge in [0.15, 0.2) is 0 Å². The van der Waals surface area contributed by atoms with E-state index in [1.807, 2.05) is 25.1 Å². The number of benzene rings is 1. The van der Waals surface area contributed by atoms with Crippen molar-refractivity contribution in [2.75, 3.05) is 26.8 Å². The van der Waals surface area contributed by atoms with Gasteiger partial charge in [0.25, 0.3) is 5.91 Å². The molecule has 1 heterocycles. The van der Waals surface area contributed by atoms with E-state index in [2.05, 4.69) is 27.4 Å². The second-order valence-corrected chi connectivity index (χ2v) is 6.97. The molecule has 0 saturated carbocycles. The molecule has 0 radical (unpaired) electrons. The first-order chi connectivity index (χ1) is 14.1.